The van der Waals surface area contributed by atoms with Crippen molar-refractivity contribution in [1.29, 1.82) is 0 Å². The number of rotatable bonds is 1. The number of hydrogen-bond donors (Lipinski definition) is 2. The van der Waals surface area contributed by atoms with Crippen molar-refractivity contribution >= 4 is 11.7 Å². The second kappa shape index (κ2) is 4.76. The fourth-order valence-corrected chi connectivity index (χ4v) is 2.53. The number of H-pyrrole nitrogens is 1. The molecule has 2 aromatic rings. The summed E-state index contributed by atoms with van der Waals surface area (Å²) in [6.07, 6.45) is -0.138. The van der Waals surface area contributed by atoms with Crippen molar-refractivity contribution in [2.45, 2.75) is 19.3 Å². The SMILES string of the molecule is Cc1nc2c(c(=O)[nH]1)C(c1cc(F)ccc1F)CC(=O)N2. The quantitative estimate of drug-likeness (QED) is 0.841. The molecule has 7 heteroatoms. The van der Waals surface area contributed by atoms with Gasteiger partial charge in [-0.2, -0.15) is 0 Å². The molecule has 0 fully saturated rings. The maximum absolute atomic E-state index is 14.0. The van der Waals surface area contributed by atoms with Crippen LogP contribution in [-0.4, -0.2) is 15.9 Å². The number of carbonyl (C=O) groups is 1. The molecule has 1 amide bonds. The van der Waals surface area contributed by atoms with Crippen LogP contribution in [-0.2, 0) is 4.79 Å². The van der Waals surface area contributed by atoms with E-state index in [0.29, 0.717) is 5.82 Å². The van der Waals surface area contributed by atoms with Crippen LogP contribution in [0.4, 0.5) is 14.6 Å². The predicted octanol–water partition coefficient (Wildman–Crippen LogP) is 1.83. The molecule has 1 aliphatic rings. The van der Waals surface area contributed by atoms with Gasteiger partial charge >= 0.3 is 0 Å². The molecule has 0 radical (unpaired) electrons. The van der Waals surface area contributed by atoms with Gasteiger partial charge in [-0.15, -0.1) is 0 Å². The van der Waals surface area contributed by atoms with Crippen LogP contribution in [0.15, 0.2) is 23.0 Å². The highest BCUT2D eigenvalue weighted by Crippen LogP contribution is 2.35. The van der Waals surface area contributed by atoms with Crippen LogP contribution < -0.4 is 10.9 Å². The highest BCUT2D eigenvalue weighted by Gasteiger charge is 2.32. The zero-order valence-corrected chi connectivity index (χ0v) is 11.0. The number of fused-ring (bicyclic) bond motifs is 1. The monoisotopic (exact) mass is 291 g/mol. The van der Waals surface area contributed by atoms with E-state index >= 15 is 0 Å². The number of nitrogens with one attached hydrogen (secondary N) is 2. The second-order valence-corrected chi connectivity index (χ2v) is 4.88. The van der Waals surface area contributed by atoms with E-state index in [0.717, 1.165) is 18.2 Å². The van der Waals surface area contributed by atoms with Crippen LogP contribution in [0.3, 0.4) is 0 Å². The lowest BCUT2D eigenvalue weighted by Crippen LogP contribution is -2.31. The van der Waals surface area contributed by atoms with Gasteiger partial charge in [-0.1, -0.05) is 0 Å². The van der Waals surface area contributed by atoms with E-state index in [1.165, 1.54) is 0 Å². The first-order chi connectivity index (χ1) is 9.95. The predicted molar refractivity (Wildman–Crippen MR) is 71.0 cm³/mol. The Balaban J connectivity index is 2.24. The van der Waals surface area contributed by atoms with E-state index in [1.54, 1.807) is 6.92 Å². The second-order valence-electron chi connectivity index (χ2n) is 4.88. The smallest absolute Gasteiger partial charge is 0.256 e. The van der Waals surface area contributed by atoms with E-state index in [2.05, 4.69) is 15.3 Å². The molecule has 0 saturated heterocycles. The summed E-state index contributed by atoms with van der Waals surface area (Å²) >= 11 is 0. The number of amides is 1. The molecular weight excluding hydrogens is 280 g/mol. The van der Waals surface area contributed by atoms with Gasteiger partial charge in [0.25, 0.3) is 5.56 Å². The summed E-state index contributed by atoms with van der Waals surface area (Å²) in [6, 6.07) is 2.97. The van der Waals surface area contributed by atoms with Crippen LogP contribution in [0.1, 0.15) is 29.3 Å². The Morgan fingerprint density at radius 3 is 2.81 bits per heavy atom. The Bertz CT molecular complexity index is 801. The third kappa shape index (κ3) is 2.31. The van der Waals surface area contributed by atoms with Crippen LogP contribution in [0.2, 0.25) is 0 Å². The Morgan fingerprint density at radius 1 is 1.29 bits per heavy atom. The zero-order chi connectivity index (χ0) is 15.1. The van der Waals surface area contributed by atoms with Gasteiger partial charge in [-0.25, -0.2) is 13.8 Å². The maximum atomic E-state index is 14.0. The third-order valence-corrected chi connectivity index (χ3v) is 3.40. The number of nitrogens with zero attached hydrogens (tertiary/aromatic N) is 1. The first-order valence-electron chi connectivity index (χ1n) is 6.31. The topological polar surface area (TPSA) is 74.8 Å². The van der Waals surface area contributed by atoms with E-state index in [9.17, 15) is 18.4 Å². The maximum Gasteiger partial charge on any atom is 0.256 e. The fraction of sp³-hybridized carbons (Fsp3) is 0.214. The third-order valence-electron chi connectivity index (χ3n) is 3.40. The summed E-state index contributed by atoms with van der Waals surface area (Å²) < 4.78 is 27.3. The van der Waals surface area contributed by atoms with Crippen molar-refractivity contribution in [2.24, 2.45) is 0 Å². The molecule has 2 N–H and O–H groups in total. The van der Waals surface area contributed by atoms with Gasteiger partial charge in [-0.05, 0) is 30.7 Å². The van der Waals surface area contributed by atoms with Crippen molar-refractivity contribution in [3.8, 4) is 0 Å². The number of aromatic amines is 1. The molecule has 108 valence electrons. The number of anilines is 1. The van der Waals surface area contributed by atoms with Crippen LogP contribution in [0.25, 0.3) is 0 Å². The van der Waals surface area contributed by atoms with E-state index < -0.39 is 29.0 Å². The summed E-state index contributed by atoms with van der Waals surface area (Å²) in [5.41, 5.74) is -0.349. The van der Waals surface area contributed by atoms with Crippen LogP contribution in [0.5, 0.6) is 0 Å². The van der Waals surface area contributed by atoms with Crippen molar-refractivity contribution in [3.05, 3.63) is 57.1 Å². The summed E-state index contributed by atoms with van der Waals surface area (Å²) in [4.78, 5) is 30.4. The van der Waals surface area contributed by atoms with E-state index in [4.69, 9.17) is 0 Å². The number of benzene rings is 1. The molecule has 21 heavy (non-hydrogen) atoms. The molecule has 2 heterocycles. The molecule has 3 rings (SSSR count). The van der Waals surface area contributed by atoms with Gasteiger partial charge in [0.15, 0.2) is 0 Å². The summed E-state index contributed by atoms with van der Waals surface area (Å²) in [7, 11) is 0. The average Bonchev–Trinajstić information content (AvgIpc) is 2.39. The van der Waals surface area contributed by atoms with Gasteiger partial charge < -0.3 is 10.3 Å². The lowest BCUT2D eigenvalue weighted by atomic mass is 9.86. The number of halogens is 2. The first-order valence-corrected chi connectivity index (χ1v) is 6.31. The normalized spacial score (nSPS) is 17.3. The van der Waals surface area contributed by atoms with Crippen molar-refractivity contribution < 1.29 is 13.6 Å². The highest BCUT2D eigenvalue weighted by molar-refractivity contribution is 5.94. The molecule has 1 unspecified atom stereocenters. The molecule has 1 aromatic carbocycles. The van der Waals surface area contributed by atoms with Crippen LogP contribution in [0, 0.1) is 18.6 Å². The summed E-state index contributed by atoms with van der Waals surface area (Å²) in [6.45, 7) is 1.57. The van der Waals surface area contributed by atoms with Gasteiger partial charge in [0, 0.05) is 12.3 Å². The molecule has 1 atom stereocenters. The molecule has 5 nitrogen and oxygen atoms in total. The van der Waals surface area contributed by atoms with Crippen molar-refractivity contribution in [2.75, 3.05) is 5.32 Å². The Hall–Kier alpha value is -2.57. The minimum Gasteiger partial charge on any atom is -0.310 e. The van der Waals surface area contributed by atoms with E-state index in [-0.39, 0.29) is 23.4 Å². The minimum absolute atomic E-state index is 0.0257. The first kappa shape index (κ1) is 13.4. The average molecular weight is 291 g/mol. The van der Waals surface area contributed by atoms with Crippen LogP contribution >= 0.6 is 0 Å². The van der Waals surface area contributed by atoms with Gasteiger partial charge in [0.05, 0.1) is 5.56 Å². The zero-order valence-electron chi connectivity index (χ0n) is 11.0. The summed E-state index contributed by atoms with van der Waals surface area (Å²) in [5, 5.41) is 2.49. The van der Waals surface area contributed by atoms with Gasteiger partial charge in [0.1, 0.15) is 23.3 Å². The lowest BCUT2D eigenvalue weighted by molar-refractivity contribution is -0.116. The Morgan fingerprint density at radius 2 is 2.05 bits per heavy atom. The minimum atomic E-state index is -0.860. The molecule has 0 spiro atoms. The van der Waals surface area contributed by atoms with Gasteiger partial charge in [0.2, 0.25) is 5.91 Å². The highest BCUT2D eigenvalue weighted by atomic mass is 19.1. The largest absolute Gasteiger partial charge is 0.310 e. The molecular formula is C14H11F2N3O2. The Kier molecular flexibility index (Phi) is 3.04. The van der Waals surface area contributed by atoms with Crippen molar-refractivity contribution in [3.63, 3.8) is 0 Å². The van der Waals surface area contributed by atoms with Gasteiger partial charge in [-0.3, -0.25) is 9.59 Å². The van der Waals surface area contributed by atoms with Crippen molar-refractivity contribution in [1.82, 2.24) is 9.97 Å². The van der Waals surface area contributed by atoms with E-state index in [1.807, 2.05) is 0 Å². The lowest BCUT2D eigenvalue weighted by Gasteiger charge is -2.24. The summed E-state index contributed by atoms with van der Waals surface area (Å²) in [5.74, 6) is -2.12. The molecule has 1 aliphatic heterocycles. The fourth-order valence-electron chi connectivity index (χ4n) is 2.53. The number of aromatic nitrogens is 2. The molecule has 0 saturated carbocycles. The molecule has 0 bridgehead atoms. The Labute approximate surface area is 118 Å². The number of aryl methyl sites for hydroxylation is 1. The molecule has 1 aromatic heterocycles. The number of carbonyl (C=O) groups excluding carboxylic acids is 1. The molecule has 0 aliphatic carbocycles. The number of hydrogen-bond acceptors (Lipinski definition) is 3. The standard InChI is InChI=1S/C14H11F2N3O2/c1-6-17-13-12(14(21)18-6)9(5-11(20)19-13)8-4-7(15)2-3-10(8)16/h2-4,9H,5H2,1H3,(H2,17,18,19,20,21).